The number of fused-ring (bicyclic) bond motifs is 1. The Bertz CT molecular complexity index is 1050. The maximum atomic E-state index is 13.2. The van der Waals surface area contributed by atoms with Crippen molar-refractivity contribution in [3.8, 4) is 5.75 Å². The number of benzene rings is 2. The molecule has 1 aliphatic heterocycles. The van der Waals surface area contributed by atoms with E-state index in [2.05, 4.69) is 5.32 Å². The Kier molecular flexibility index (Phi) is 5.87. The lowest BCUT2D eigenvalue weighted by atomic mass is 9.89. The van der Waals surface area contributed by atoms with Gasteiger partial charge in [0.1, 0.15) is 17.4 Å². The maximum absolute atomic E-state index is 13.2. The second-order valence-electron chi connectivity index (χ2n) is 8.74. The van der Waals surface area contributed by atoms with Crippen LogP contribution in [0.4, 0.5) is 5.69 Å². The van der Waals surface area contributed by atoms with Crippen LogP contribution in [0.3, 0.4) is 0 Å². The van der Waals surface area contributed by atoms with Crippen LogP contribution in [-0.4, -0.2) is 32.2 Å². The first-order chi connectivity index (χ1) is 13.9. The lowest BCUT2D eigenvalue weighted by Gasteiger charge is -2.39. The molecule has 2 aromatic rings. The minimum absolute atomic E-state index is 0.266. The molecule has 1 aliphatic rings. The van der Waals surface area contributed by atoms with Crippen LogP contribution in [0.1, 0.15) is 49.9 Å². The second-order valence-corrected chi connectivity index (χ2v) is 10.6. The van der Waals surface area contributed by atoms with Crippen LogP contribution >= 0.6 is 0 Å². The molecule has 0 saturated carbocycles. The van der Waals surface area contributed by atoms with Crippen molar-refractivity contribution in [3.63, 3.8) is 0 Å². The summed E-state index contributed by atoms with van der Waals surface area (Å²) in [5, 5.41) is 3.07. The van der Waals surface area contributed by atoms with Crippen LogP contribution in [-0.2, 0) is 14.8 Å². The number of sulfonamides is 1. The van der Waals surface area contributed by atoms with E-state index in [1.807, 2.05) is 58.0 Å². The molecule has 0 saturated heterocycles. The number of anilines is 1. The van der Waals surface area contributed by atoms with Crippen molar-refractivity contribution in [1.29, 1.82) is 0 Å². The average molecular weight is 431 g/mol. The van der Waals surface area contributed by atoms with Gasteiger partial charge in [0, 0.05) is 12.0 Å². The SMILES string of the molecule is Cc1ccc(N(C(C)C(=O)NC2CC(C)(C)Oc3ccc(C)cc32)S(C)(=O)=O)cc1. The number of carbonyl (C=O) groups excluding carboxylic acids is 1. The second kappa shape index (κ2) is 7.95. The molecule has 1 N–H and O–H groups in total. The maximum Gasteiger partial charge on any atom is 0.244 e. The molecule has 6 nitrogen and oxygen atoms in total. The van der Waals surface area contributed by atoms with Gasteiger partial charge in [0.15, 0.2) is 0 Å². The molecule has 2 atom stereocenters. The highest BCUT2D eigenvalue weighted by Gasteiger charge is 2.37. The first-order valence-corrected chi connectivity index (χ1v) is 11.9. The lowest BCUT2D eigenvalue weighted by molar-refractivity contribution is -0.123. The molecule has 0 fully saturated rings. The van der Waals surface area contributed by atoms with Crippen LogP contribution in [0, 0.1) is 13.8 Å². The van der Waals surface area contributed by atoms with Crippen molar-refractivity contribution >= 4 is 21.6 Å². The first kappa shape index (κ1) is 22.2. The largest absolute Gasteiger partial charge is 0.487 e. The number of amides is 1. The summed E-state index contributed by atoms with van der Waals surface area (Å²) >= 11 is 0. The lowest BCUT2D eigenvalue weighted by Crippen LogP contribution is -2.50. The molecule has 30 heavy (non-hydrogen) atoms. The molecule has 0 aliphatic carbocycles. The summed E-state index contributed by atoms with van der Waals surface area (Å²) in [5.41, 5.74) is 3.02. The molecule has 0 spiro atoms. The molecule has 0 bridgehead atoms. The van der Waals surface area contributed by atoms with E-state index in [-0.39, 0.29) is 11.9 Å². The van der Waals surface area contributed by atoms with E-state index in [0.717, 1.165) is 28.7 Å². The summed E-state index contributed by atoms with van der Waals surface area (Å²) in [4.78, 5) is 13.2. The van der Waals surface area contributed by atoms with E-state index >= 15 is 0 Å². The third-order valence-corrected chi connectivity index (χ3v) is 6.56. The third-order valence-electron chi connectivity index (χ3n) is 5.32. The van der Waals surface area contributed by atoms with Crippen molar-refractivity contribution in [2.45, 2.75) is 58.7 Å². The molecule has 1 heterocycles. The smallest absolute Gasteiger partial charge is 0.244 e. The zero-order chi connectivity index (χ0) is 22.3. The number of rotatable bonds is 5. The minimum Gasteiger partial charge on any atom is -0.487 e. The number of aryl methyl sites for hydroxylation is 2. The average Bonchev–Trinajstić information content (AvgIpc) is 2.62. The fourth-order valence-electron chi connectivity index (χ4n) is 3.90. The summed E-state index contributed by atoms with van der Waals surface area (Å²) < 4.78 is 32.3. The van der Waals surface area contributed by atoms with Gasteiger partial charge in [-0.2, -0.15) is 0 Å². The van der Waals surface area contributed by atoms with Gasteiger partial charge in [-0.25, -0.2) is 8.42 Å². The Hall–Kier alpha value is -2.54. The summed E-state index contributed by atoms with van der Waals surface area (Å²) in [6.45, 7) is 9.49. The Morgan fingerprint density at radius 3 is 2.33 bits per heavy atom. The van der Waals surface area contributed by atoms with E-state index in [0.29, 0.717) is 12.1 Å². The number of hydrogen-bond acceptors (Lipinski definition) is 4. The van der Waals surface area contributed by atoms with E-state index in [4.69, 9.17) is 4.74 Å². The Balaban J connectivity index is 1.90. The summed E-state index contributed by atoms with van der Waals surface area (Å²) in [7, 11) is -3.66. The summed E-state index contributed by atoms with van der Waals surface area (Å²) in [5.74, 6) is 0.393. The monoisotopic (exact) mass is 430 g/mol. The number of hydrogen-bond donors (Lipinski definition) is 1. The number of nitrogens with one attached hydrogen (secondary N) is 1. The molecule has 2 aromatic carbocycles. The van der Waals surface area contributed by atoms with Crippen molar-refractivity contribution in [3.05, 3.63) is 59.2 Å². The predicted octanol–water partition coefficient (Wildman–Crippen LogP) is 3.88. The molecule has 2 unspecified atom stereocenters. The van der Waals surface area contributed by atoms with Crippen molar-refractivity contribution in [1.82, 2.24) is 5.32 Å². The van der Waals surface area contributed by atoms with Gasteiger partial charge in [0.05, 0.1) is 18.0 Å². The summed E-state index contributed by atoms with van der Waals surface area (Å²) in [6.07, 6.45) is 1.71. The van der Waals surface area contributed by atoms with E-state index < -0.39 is 21.7 Å². The van der Waals surface area contributed by atoms with Gasteiger partial charge >= 0.3 is 0 Å². The highest BCUT2D eigenvalue weighted by Crippen LogP contribution is 2.40. The van der Waals surface area contributed by atoms with Crippen LogP contribution in [0.5, 0.6) is 5.75 Å². The van der Waals surface area contributed by atoms with Gasteiger partial charge in [0.2, 0.25) is 15.9 Å². The van der Waals surface area contributed by atoms with Gasteiger partial charge in [-0.05, 0) is 52.8 Å². The van der Waals surface area contributed by atoms with Crippen molar-refractivity contribution < 1.29 is 17.9 Å². The summed E-state index contributed by atoms with van der Waals surface area (Å²) in [6, 6.07) is 11.8. The molecule has 0 aromatic heterocycles. The van der Waals surface area contributed by atoms with Crippen LogP contribution in [0.25, 0.3) is 0 Å². The van der Waals surface area contributed by atoms with E-state index in [1.54, 1.807) is 19.1 Å². The van der Waals surface area contributed by atoms with Crippen LogP contribution in [0.15, 0.2) is 42.5 Å². The topological polar surface area (TPSA) is 75.7 Å². The fraction of sp³-hybridized carbons (Fsp3) is 0.435. The van der Waals surface area contributed by atoms with Gasteiger partial charge in [0.25, 0.3) is 0 Å². The van der Waals surface area contributed by atoms with Crippen LogP contribution < -0.4 is 14.4 Å². The fourth-order valence-corrected chi connectivity index (χ4v) is 5.07. The van der Waals surface area contributed by atoms with E-state index in [9.17, 15) is 13.2 Å². The molecule has 7 heteroatoms. The van der Waals surface area contributed by atoms with Gasteiger partial charge in [-0.3, -0.25) is 9.10 Å². The zero-order valence-corrected chi connectivity index (χ0v) is 19.2. The molecular weight excluding hydrogens is 400 g/mol. The zero-order valence-electron chi connectivity index (χ0n) is 18.4. The number of nitrogens with zero attached hydrogens (tertiary/aromatic N) is 1. The molecule has 162 valence electrons. The predicted molar refractivity (Wildman–Crippen MR) is 119 cm³/mol. The van der Waals surface area contributed by atoms with Gasteiger partial charge in [-0.1, -0.05) is 35.4 Å². The number of ether oxygens (including phenoxy) is 1. The minimum atomic E-state index is -3.66. The molecular formula is C23H30N2O4S. The highest BCUT2D eigenvalue weighted by molar-refractivity contribution is 7.92. The standard InChI is InChI=1S/C23H30N2O4S/c1-15-7-10-18(11-8-15)25(30(6,27)28)17(3)22(26)24-20-14-23(4,5)29-21-12-9-16(2)13-19(20)21/h7-13,17,20H,14H2,1-6H3,(H,24,26). The number of carbonyl (C=O) groups is 1. The van der Waals surface area contributed by atoms with Crippen LogP contribution in [0.2, 0.25) is 0 Å². The molecule has 0 radical (unpaired) electrons. The van der Waals surface area contributed by atoms with Gasteiger partial charge in [-0.15, -0.1) is 0 Å². The molecule has 1 amide bonds. The highest BCUT2D eigenvalue weighted by atomic mass is 32.2. The Labute approximate surface area is 179 Å². The first-order valence-electron chi connectivity index (χ1n) is 10.0. The Morgan fingerprint density at radius 1 is 1.13 bits per heavy atom. The molecule has 3 rings (SSSR count). The quantitative estimate of drug-likeness (QED) is 0.781. The third kappa shape index (κ3) is 4.78. The van der Waals surface area contributed by atoms with Crippen molar-refractivity contribution in [2.24, 2.45) is 0 Å². The Morgan fingerprint density at radius 2 is 1.73 bits per heavy atom. The van der Waals surface area contributed by atoms with Crippen molar-refractivity contribution in [2.75, 3.05) is 10.6 Å². The van der Waals surface area contributed by atoms with Gasteiger partial charge < -0.3 is 10.1 Å². The van der Waals surface area contributed by atoms with E-state index in [1.165, 1.54) is 4.31 Å². The normalized spacial score (nSPS) is 18.7.